The average Bonchev–Trinajstić information content (AvgIpc) is 3.17. The average molecular weight is 460 g/mol. The number of rotatable bonds is 5. The summed E-state index contributed by atoms with van der Waals surface area (Å²) in [5.74, 6) is 1.62. The number of guanidine groups is 1. The SMILES string of the molecule is CCNC(=NCCNc1ncnc2c1cnn2C)N1CC[C@@H](O)C1.I. The first-order valence-corrected chi connectivity index (χ1v) is 8.27. The minimum atomic E-state index is -0.258. The van der Waals surface area contributed by atoms with Crippen molar-refractivity contribution in [1.82, 2.24) is 30.0 Å². The number of anilines is 1. The van der Waals surface area contributed by atoms with Crippen molar-refractivity contribution >= 4 is 46.8 Å². The second-order valence-corrected chi connectivity index (χ2v) is 5.78. The number of aliphatic hydroxyl groups excluding tert-OH is 1. The Hall–Kier alpha value is -1.69. The van der Waals surface area contributed by atoms with E-state index >= 15 is 0 Å². The third kappa shape index (κ3) is 4.69. The number of aliphatic imine (C=N–C) groups is 1. The number of halogens is 1. The molecule has 0 radical (unpaired) electrons. The summed E-state index contributed by atoms with van der Waals surface area (Å²) in [4.78, 5) is 15.2. The van der Waals surface area contributed by atoms with E-state index in [0.29, 0.717) is 19.6 Å². The molecule has 1 aliphatic rings. The summed E-state index contributed by atoms with van der Waals surface area (Å²) in [6, 6.07) is 0. The Labute approximate surface area is 163 Å². The fourth-order valence-electron chi connectivity index (χ4n) is 2.80. The largest absolute Gasteiger partial charge is 0.391 e. The zero-order valence-corrected chi connectivity index (χ0v) is 16.8. The van der Waals surface area contributed by atoms with E-state index in [1.165, 1.54) is 6.33 Å². The lowest BCUT2D eigenvalue weighted by atomic mass is 10.3. The highest BCUT2D eigenvalue weighted by Crippen LogP contribution is 2.17. The molecule has 0 bridgehead atoms. The number of aliphatic hydroxyl groups is 1. The second-order valence-electron chi connectivity index (χ2n) is 5.78. The predicted octanol–water partition coefficient (Wildman–Crippen LogP) is 0.425. The third-order valence-electron chi connectivity index (χ3n) is 3.99. The summed E-state index contributed by atoms with van der Waals surface area (Å²) >= 11 is 0. The fourth-order valence-corrected chi connectivity index (χ4v) is 2.80. The standard InChI is InChI=1S/C15H24N8O.HI/c1-3-16-15(23-7-4-11(24)9-23)18-6-5-17-13-12-8-21-22(2)14(12)20-10-19-13;/h8,10-11,24H,3-7,9H2,1-2H3,(H,16,18)(H,17,19,20);1H/t11-;/m1./s1. The molecule has 25 heavy (non-hydrogen) atoms. The van der Waals surface area contributed by atoms with Crippen molar-refractivity contribution in [3.8, 4) is 0 Å². The van der Waals surface area contributed by atoms with Gasteiger partial charge in [-0.15, -0.1) is 24.0 Å². The molecule has 2 aromatic rings. The number of aromatic nitrogens is 4. The maximum Gasteiger partial charge on any atom is 0.194 e. The summed E-state index contributed by atoms with van der Waals surface area (Å²) < 4.78 is 1.72. The van der Waals surface area contributed by atoms with Crippen LogP contribution in [-0.4, -0.2) is 74.5 Å². The van der Waals surface area contributed by atoms with E-state index in [4.69, 9.17) is 0 Å². The van der Waals surface area contributed by atoms with Crippen molar-refractivity contribution in [2.45, 2.75) is 19.4 Å². The van der Waals surface area contributed by atoms with Crippen LogP contribution in [0.15, 0.2) is 17.5 Å². The van der Waals surface area contributed by atoms with Crippen LogP contribution in [0.4, 0.5) is 5.82 Å². The fraction of sp³-hybridized carbons (Fsp3) is 0.600. The molecule has 3 N–H and O–H groups in total. The Morgan fingerprint density at radius 2 is 2.28 bits per heavy atom. The van der Waals surface area contributed by atoms with E-state index in [1.807, 2.05) is 14.0 Å². The van der Waals surface area contributed by atoms with Gasteiger partial charge in [-0.25, -0.2) is 9.97 Å². The smallest absolute Gasteiger partial charge is 0.194 e. The van der Waals surface area contributed by atoms with Crippen LogP contribution in [0.25, 0.3) is 11.0 Å². The number of β-amino-alcohol motifs (C(OH)–C–C–N with tert-alkyl or cyclic N) is 1. The highest BCUT2D eigenvalue weighted by molar-refractivity contribution is 14.0. The number of nitrogens with zero attached hydrogens (tertiary/aromatic N) is 6. The Bertz CT molecular complexity index is 719. The van der Waals surface area contributed by atoms with Crippen LogP contribution < -0.4 is 10.6 Å². The number of fused-ring (bicyclic) bond motifs is 1. The molecular formula is C15H25IN8O. The van der Waals surface area contributed by atoms with Crippen molar-refractivity contribution in [1.29, 1.82) is 0 Å². The molecule has 1 atom stereocenters. The van der Waals surface area contributed by atoms with Gasteiger partial charge in [-0.1, -0.05) is 0 Å². The molecule has 0 saturated carbocycles. The van der Waals surface area contributed by atoms with Crippen LogP contribution in [0.3, 0.4) is 0 Å². The van der Waals surface area contributed by atoms with E-state index in [2.05, 4.69) is 35.6 Å². The first-order valence-electron chi connectivity index (χ1n) is 8.27. The summed E-state index contributed by atoms with van der Waals surface area (Å²) in [6.07, 6.45) is 3.83. The Morgan fingerprint density at radius 3 is 3.00 bits per heavy atom. The van der Waals surface area contributed by atoms with Gasteiger partial charge in [0, 0.05) is 33.2 Å². The lowest BCUT2D eigenvalue weighted by molar-refractivity contribution is 0.188. The second kappa shape index (κ2) is 9.13. The van der Waals surface area contributed by atoms with Crippen LogP contribution in [0.2, 0.25) is 0 Å². The number of likely N-dealkylation sites (tertiary alicyclic amines) is 1. The van der Waals surface area contributed by atoms with Crippen LogP contribution in [0, 0.1) is 0 Å². The molecule has 0 aromatic carbocycles. The summed E-state index contributed by atoms with van der Waals surface area (Å²) in [5.41, 5.74) is 0.801. The molecule has 0 amide bonds. The lowest BCUT2D eigenvalue weighted by Crippen LogP contribution is -2.40. The summed E-state index contributed by atoms with van der Waals surface area (Å²) in [6.45, 7) is 5.60. The number of nitrogens with one attached hydrogen (secondary N) is 2. The summed E-state index contributed by atoms with van der Waals surface area (Å²) in [7, 11) is 1.86. The highest BCUT2D eigenvalue weighted by atomic mass is 127. The topological polar surface area (TPSA) is 103 Å². The van der Waals surface area contributed by atoms with Crippen LogP contribution in [0.1, 0.15) is 13.3 Å². The highest BCUT2D eigenvalue weighted by Gasteiger charge is 2.22. The zero-order chi connectivity index (χ0) is 16.9. The Balaban J connectivity index is 0.00000225. The van der Waals surface area contributed by atoms with Gasteiger partial charge in [0.05, 0.1) is 24.2 Å². The quantitative estimate of drug-likeness (QED) is 0.257. The first-order chi connectivity index (χ1) is 11.7. The number of hydrogen-bond donors (Lipinski definition) is 3. The third-order valence-corrected chi connectivity index (χ3v) is 3.99. The van der Waals surface area contributed by atoms with E-state index in [0.717, 1.165) is 42.3 Å². The summed E-state index contributed by atoms with van der Waals surface area (Å²) in [5, 5.41) is 21.4. The molecule has 2 aromatic heterocycles. The molecule has 0 unspecified atom stereocenters. The van der Waals surface area contributed by atoms with Crippen LogP contribution in [0.5, 0.6) is 0 Å². The van der Waals surface area contributed by atoms with Gasteiger partial charge in [-0.05, 0) is 13.3 Å². The van der Waals surface area contributed by atoms with Gasteiger partial charge in [-0.2, -0.15) is 5.10 Å². The van der Waals surface area contributed by atoms with Crippen LogP contribution >= 0.6 is 24.0 Å². The molecule has 1 saturated heterocycles. The van der Waals surface area contributed by atoms with E-state index in [1.54, 1.807) is 10.9 Å². The van der Waals surface area contributed by atoms with Gasteiger partial charge < -0.3 is 20.6 Å². The lowest BCUT2D eigenvalue weighted by Gasteiger charge is -2.20. The van der Waals surface area contributed by atoms with Crippen molar-refractivity contribution in [2.24, 2.45) is 12.0 Å². The molecule has 3 rings (SSSR count). The molecule has 0 aliphatic carbocycles. The maximum absolute atomic E-state index is 9.68. The molecule has 0 spiro atoms. The molecule has 3 heterocycles. The number of aryl methyl sites for hydroxylation is 1. The van der Waals surface area contributed by atoms with Gasteiger partial charge in [0.25, 0.3) is 0 Å². The molecule has 1 aliphatic heterocycles. The predicted molar refractivity (Wildman–Crippen MR) is 108 cm³/mol. The van der Waals surface area contributed by atoms with Gasteiger partial charge >= 0.3 is 0 Å². The van der Waals surface area contributed by atoms with Crippen molar-refractivity contribution in [3.63, 3.8) is 0 Å². The van der Waals surface area contributed by atoms with Crippen molar-refractivity contribution in [3.05, 3.63) is 12.5 Å². The normalized spacial score (nSPS) is 17.6. The van der Waals surface area contributed by atoms with Gasteiger partial charge in [0.2, 0.25) is 0 Å². The molecule has 138 valence electrons. The maximum atomic E-state index is 9.68. The van der Waals surface area contributed by atoms with Crippen LogP contribution in [-0.2, 0) is 7.05 Å². The van der Waals surface area contributed by atoms with E-state index in [-0.39, 0.29) is 30.1 Å². The minimum Gasteiger partial charge on any atom is -0.391 e. The van der Waals surface area contributed by atoms with Gasteiger partial charge in [-0.3, -0.25) is 9.67 Å². The van der Waals surface area contributed by atoms with Gasteiger partial charge in [0.1, 0.15) is 12.1 Å². The Kier molecular flexibility index (Phi) is 7.17. The Morgan fingerprint density at radius 1 is 1.44 bits per heavy atom. The zero-order valence-electron chi connectivity index (χ0n) is 14.5. The van der Waals surface area contributed by atoms with Crippen molar-refractivity contribution in [2.75, 3.05) is 38.0 Å². The van der Waals surface area contributed by atoms with E-state index in [9.17, 15) is 5.11 Å². The molecule has 9 nitrogen and oxygen atoms in total. The molecule has 1 fully saturated rings. The van der Waals surface area contributed by atoms with Crippen molar-refractivity contribution < 1.29 is 5.11 Å². The first kappa shape index (κ1) is 19.6. The molecular weight excluding hydrogens is 435 g/mol. The monoisotopic (exact) mass is 460 g/mol. The number of hydrogen-bond acceptors (Lipinski definition) is 6. The van der Waals surface area contributed by atoms with E-state index < -0.39 is 0 Å². The van der Waals surface area contributed by atoms with Gasteiger partial charge in [0.15, 0.2) is 11.6 Å². The minimum absolute atomic E-state index is 0. The molecule has 10 heteroatoms.